The third-order valence-corrected chi connectivity index (χ3v) is 5.27. The van der Waals surface area contributed by atoms with Gasteiger partial charge in [0, 0.05) is 6.04 Å². The molecule has 0 aromatic rings. The highest BCUT2D eigenvalue weighted by molar-refractivity contribution is 5.81. The number of carbonyl (C=O) groups is 1. The number of carbonyl (C=O) groups excluding carboxylic acids is 1. The molecule has 0 spiro atoms. The minimum absolute atomic E-state index is 0.229. The molecule has 3 atom stereocenters. The van der Waals surface area contributed by atoms with Crippen molar-refractivity contribution in [1.82, 2.24) is 4.90 Å². The van der Waals surface area contributed by atoms with Gasteiger partial charge in [0.2, 0.25) is 0 Å². The molecule has 110 valence electrons. The van der Waals surface area contributed by atoms with Crippen molar-refractivity contribution in [1.29, 1.82) is 0 Å². The number of nitrogens with zero attached hydrogens (tertiary/aromatic N) is 1. The summed E-state index contributed by atoms with van der Waals surface area (Å²) in [4.78, 5) is 14.3. The van der Waals surface area contributed by atoms with E-state index in [9.17, 15) is 4.79 Å². The van der Waals surface area contributed by atoms with E-state index < -0.39 is 5.54 Å². The molecule has 2 rings (SSSR count). The Kier molecular flexibility index (Phi) is 4.51. The van der Waals surface area contributed by atoms with Crippen molar-refractivity contribution >= 4 is 5.97 Å². The van der Waals surface area contributed by atoms with Gasteiger partial charge >= 0.3 is 5.97 Å². The molecule has 2 N–H and O–H groups in total. The lowest BCUT2D eigenvalue weighted by Crippen LogP contribution is -2.52. The molecular weight excluding hydrogens is 240 g/mol. The minimum Gasteiger partial charge on any atom is -0.468 e. The predicted octanol–water partition coefficient (Wildman–Crippen LogP) is 1.78. The number of esters is 1. The topological polar surface area (TPSA) is 55.6 Å². The second kappa shape index (κ2) is 5.80. The lowest BCUT2D eigenvalue weighted by Gasteiger charge is -2.31. The molecule has 19 heavy (non-hydrogen) atoms. The summed E-state index contributed by atoms with van der Waals surface area (Å²) >= 11 is 0. The molecule has 0 aliphatic heterocycles. The van der Waals surface area contributed by atoms with Gasteiger partial charge in [0.05, 0.1) is 7.11 Å². The maximum Gasteiger partial charge on any atom is 0.326 e. The summed E-state index contributed by atoms with van der Waals surface area (Å²) in [6, 6.07) is 0.659. The first-order valence-electron chi connectivity index (χ1n) is 7.56. The van der Waals surface area contributed by atoms with Crippen LogP contribution in [-0.2, 0) is 9.53 Å². The first kappa shape index (κ1) is 14.8. The summed E-state index contributed by atoms with van der Waals surface area (Å²) in [5.41, 5.74) is 5.56. The van der Waals surface area contributed by atoms with Crippen molar-refractivity contribution in [3.63, 3.8) is 0 Å². The molecule has 0 saturated heterocycles. The molecule has 0 heterocycles. The van der Waals surface area contributed by atoms with E-state index in [2.05, 4.69) is 18.9 Å². The van der Waals surface area contributed by atoms with E-state index in [1.54, 1.807) is 0 Å². The standard InChI is InChI=1S/C15H28N2O2/c1-11(12-6-7-12)17(2)10-8-13-5-4-9-15(13,16)14(18)19-3/h11-13H,4-10,16H2,1-3H3. The molecule has 4 nitrogen and oxygen atoms in total. The third kappa shape index (κ3) is 3.11. The highest BCUT2D eigenvalue weighted by Gasteiger charge is 2.46. The normalized spacial score (nSPS) is 32.6. The fraction of sp³-hybridized carbons (Fsp3) is 0.933. The third-order valence-electron chi connectivity index (χ3n) is 5.27. The van der Waals surface area contributed by atoms with Gasteiger partial charge in [-0.3, -0.25) is 4.79 Å². The zero-order chi connectivity index (χ0) is 14.0. The van der Waals surface area contributed by atoms with Crippen molar-refractivity contribution < 1.29 is 9.53 Å². The van der Waals surface area contributed by atoms with Crippen LogP contribution >= 0.6 is 0 Å². The molecule has 0 aromatic heterocycles. The molecule has 0 amide bonds. The average Bonchev–Trinajstić information content (AvgIpc) is 3.18. The van der Waals surface area contributed by atoms with E-state index >= 15 is 0 Å². The fourth-order valence-electron chi connectivity index (χ4n) is 3.46. The maximum atomic E-state index is 11.9. The lowest BCUT2D eigenvalue weighted by atomic mass is 9.85. The van der Waals surface area contributed by atoms with Gasteiger partial charge in [-0.1, -0.05) is 6.42 Å². The van der Waals surface area contributed by atoms with Crippen molar-refractivity contribution in [2.45, 2.75) is 57.0 Å². The van der Waals surface area contributed by atoms with Crippen LogP contribution in [0.25, 0.3) is 0 Å². The number of ether oxygens (including phenoxy) is 1. The Bertz CT molecular complexity index is 330. The summed E-state index contributed by atoms with van der Waals surface area (Å²) in [7, 11) is 3.63. The minimum atomic E-state index is -0.738. The molecule has 0 aromatic carbocycles. The van der Waals surface area contributed by atoms with E-state index in [1.165, 1.54) is 20.0 Å². The molecule has 2 fully saturated rings. The van der Waals surface area contributed by atoms with E-state index in [0.29, 0.717) is 6.04 Å². The van der Waals surface area contributed by atoms with Crippen LogP contribution in [0.1, 0.15) is 45.4 Å². The lowest BCUT2D eigenvalue weighted by molar-refractivity contribution is -0.148. The Morgan fingerprint density at radius 1 is 1.47 bits per heavy atom. The Labute approximate surface area is 116 Å². The Morgan fingerprint density at radius 2 is 2.16 bits per heavy atom. The second-order valence-electron chi connectivity index (χ2n) is 6.47. The number of rotatable bonds is 6. The summed E-state index contributed by atoms with van der Waals surface area (Å²) in [6.07, 6.45) is 6.61. The Balaban J connectivity index is 1.85. The van der Waals surface area contributed by atoms with Gasteiger partial charge in [-0.05, 0) is 64.5 Å². The van der Waals surface area contributed by atoms with Crippen LogP contribution in [0, 0.1) is 11.8 Å². The van der Waals surface area contributed by atoms with Gasteiger partial charge < -0.3 is 15.4 Å². The molecule has 0 bridgehead atoms. The van der Waals surface area contributed by atoms with Gasteiger partial charge in [0.1, 0.15) is 5.54 Å². The molecule has 2 aliphatic carbocycles. The molecule has 2 aliphatic rings. The van der Waals surface area contributed by atoms with Gasteiger partial charge in [-0.25, -0.2) is 0 Å². The van der Waals surface area contributed by atoms with Crippen LogP contribution < -0.4 is 5.73 Å². The first-order valence-corrected chi connectivity index (χ1v) is 7.56. The van der Waals surface area contributed by atoms with Crippen molar-refractivity contribution in [2.75, 3.05) is 20.7 Å². The van der Waals surface area contributed by atoms with Gasteiger partial charge in [-0.15, -0.1) is 0 Å². The zero-order valence-electron chi connectivity index (χ0n) is 12.5. The van der Waals surface area contributed by atoms with Gasteiger partial charge in [0.15, 0.2) is 0 Å². The van der Waals surface area contributed by atoms with Gasteiger partial charge in [0.25, 0.3) is 0 Å². The zero-order valence-corrected chi connectivity index (χ0v) is 12.5. The van der Waals surface area contributed by atoms with Gasteiger partial charge in [-0.2, -0.15) is 0 Å². The monoisotopic (exact) mass is 268 g/mol. The van der Waals surface area contributed by atoms with Crippen LogP contribution in [0.5, 0.6) is 0 Å². The summed E-state index contributed by atoms with van der Waals surface area (Å²) < 4.78 is 4.89. The smallest absolute Gasteiger partial charge is 0.326 e. The van der Waals surface area contributed by atoms with Crippen LogP contribution in [0.3, 0.4) is 0 Å². The largest absolute Gasteiger partial charge is 0.468 e. The second-order valence-corrected chi connectivity index (χ2v) is 6.47. The van der Waals surface area contributed by atoms with Crippen LogP contribution in [0.2, 0.25) is 0 Å². The maximum absolute atomic E-state index is 11.9. The van der Waals surface area contributed by atoms with Crippen molar-refractivity contribution in [2.24, 2.45) is 17.6 Å². The Morgan fingerprint density at radius 3 is 2.74 bits per heavy atom. The number of hydrogen-bond donors (Lipinski definition) is 1. The van der Waals surface area contributed by atoms with Crippen LogP contribution in [0.4, 0.5) is 0 Å². The number of nitrogens with two attached hydrogens (primary N) is 1. The SMILES string of the molecule is COC(=O)C1(N)CCCC1CCN(C)C(C)C1CC1. The van der Waals surface area contributed by atoms with Crippen molar-refractivity contribution in [3.05, 3.63) is 0 Å². The predicted molar refractivity (Wildman–Crippen MR) is 75.7 cm³/mol. The van der Waals surface area contributed by atoms with E-state index in [1.807, 2.05) is 0 Å². The summed E-state index contributed by atoms with van der Waals surface area (Å²) in [5.74, 6) is 0.929. The quantitative estimate of drug-likeness (QED) is 0.746. The number of methoxy groups -OCH3 is 1. The summed E-state index contributed by atoms with van der Waals surface area (Å²) in [5, 5.41) is 0. The molecule has 0 radical (unpaired) electrons. The van der Waals surface area contributed by atoms with Crippen LogP contribution in [0.15, 0.2) is 0 Å². The molecule has 2 saturated carbocycles. The van der Waals surface area contributed by atoms with E-state index in [4.69, 9.17) is 10.5 Å². The Hall–Kier alpha value is -0.610. The molecular formula is C15H28N2O2. The number of hydrogen-bond acceptors (Lipinski definition) is 4. The highest BCUT2D eigenvalue weighted by Crippen LogP contribution is 2.38. The first-order chi connectivity index (χ1) is 8.99. The van der Waals surface area contributed by atoms with Crippen LogP contribution in [-0.4, -0.2) is 43.2 Å². The van der Waals surface area contributed by atoms with Crippen molar-refractivity contribution in [3.8, 4) is 0 Å². The van der Waals surface area contributed by atoms with E-state index in [-0.39, 0.29) is 11.9 Å². The average molecular weight is 268 g/mol. The molecule has 3 unspecified atom stereocenters. The summed E-state index contributed by atoms with van der Waals surface area (Å²) in [6.45, 7) is 3.33. The fourth-order valence-corrected chi connectivity index (χ4v) is 3.46. The molecule has 4 heteroatoms. The highest BCUT2D eigenvalue weighted by atomic mass is 16.5. The van der Waals surface area contributed by atoms with E-state index in [0.717, 1.165) is 38.1 Å².